The number of carboxylic acid groups (broad SMARTS) is 1. The molecule has 1 rings (SSSR count). The summed E-state index contributed by atoms with van der Waals surface area (Å²) in [6.45, 7) is 2.56. The molecule has 2 N–H and O–H groups in total. The van der Waals surface area contributed by atoms with Crippen LogP contribution in [0.25, 0.3) is 0 Å². The van der Waals surface area contributed by atoms with Crippen molar-refractivity contribution in [2.75, 3.05) is 40.3 Å². The lowest BCUT2D eigenvalue weighted by Crippen LogP contribution is -2.48. The van der Waals surface area contributed by atoms with Crippen LogP contribution >= 0.6 is 0 Å². The second-order valence-corrected chi connectivity index (χ2v) is 4.78. The number of nitrogens with zero attached hydrogens (tertiary/aromatic N) is 2. The van der Waals surface area contributed by atoms with Gasteiger partial charge in [0.05, 0.1) is 5.92 Å². The summed E-state index contributed by atoms with van der Waals surface area (Å²) in [6.07, 6.45) is 2.34. The van der Waals surface area contributed by atoms with E-state index in [0.717, 1.165) is 19.4 Å². The van der Waals surface area contributed by atoms with Crippen molar-refractivity contribution in [1.29, 1.82) is 0 Å². The fraction of sp³-hybridized carbons (Fsp3) is 0.833. The maximum atomic E-state index is 12.1. The minimum absolute atomic E-state index is 0.0583. The van der Waals surface area contributed by atoms with Gasteiger partial charge in [0, 0.05) is 26.7 Å². The van der Waals surface area contributed by atoms with Crippen molar-refractivity contribution in [3.8, 4) is 0 Å². The first kappa shape index (κ1) is 14.8. The van der Waals surface area contributed by atoms with E-state index < -0.39 is 11.9 Å². The first-order valence-corrected chi connectivity index (χ1v) is 6.43. The molecule has 0 bridgehead atoms. The average Bonchev–Trinajstić information content (AvgIpc) is 2.38. The summed E-state index contributed by atoms with van der Waals surface area (Å²) in [4.78, 5) is 26.4. The summed E-state index contributed by atoms with van der Waals surface area (Å²) in [7, 11) is 3.65. The fourth-order valence-electron chi connectivity index (χ4n) is 2.18. The maximum Gasteiger partial charge on any atom is 0.319 e. The zero-order valence-corrected chi connectivity index (χ0v) is 11.2. The third kappa shape index (κ3) is 4.18. The molecule has 104 valence electrons. The smallest absolute Gasteiger partial charge is 0.319 e. The monoisotopic (exact) mass is 257 g/mol. The van der Waals surface area contributed by atoms with Crippen LogP contribution in [0.15, 0.2) is 0 Å². The minimum Gasteiger partial charge on any atom is -0.481 e. The summed E-state index contributed by atoms with van der Waals surface area (Å²) >= 11 is 0. The zero-order chi connectivity index (χ0) is 13.5. The molecule has 0 unspecified atom stereocenters. The molecule has 1 fully saturated rings. The highest BCUT2D eigenvalue weighted by atomic mass is 16.4. The molecule has 0 aliphatic carbocycles. The van der Waals surface area contributed by atoms with Crippen molar-refractivity contribution in [2.45, 2.75) is 19.3 Å². The predicted octanol–water partition coefficient (Wildman–Crippen LogP) is 0.444. The van der Waals surface area contributed by atoms with Gasteiger partial charge in [-0.1, -0.05) is 0 Å². The largest absolute Gasteiger partial charge is 0.481 e. The van der Waals surface area contributed by atoms with Crippen LogP contribution < -0.4 is 5.32 Å². The van der Waals surface area contributed by atoms with Crippen LogP contribution in [-0.4, -0.2) is 67.2 Å². The van der Waals surface area contributed by atoms with Crippen molar-refractivity contribution in [2.24, 2.45) is 5.92 Å². The van der Waals surface area contributed by atoms with Gasteiger partial charge in [-0.2, -0.15) is 0 Å². The molecule has 6 nitrogen and oxygen atoms in total. The van der Waals surface area contributed by atoms with Crippen LogP contribution in [-0.2, 0) is 4.79 Å². The van der Waals surface area contributed by atoms with Crippen LogP contribution in [0.2, 0.25) is 0 Å². The number of hydrogen-bond acceptors (Lipinski definition) is 3. The van der Waals surface area contributed by atoms with Crippen molar-refractivity contribution < 1.29 is 14.7 Å². The number of likely N-dealkylation sites (tertiary alicyclic amines) is 1. The van der Waals surface area contributed by atoms with Crippen LogP contribution in [0.1, 0.15) is 19.3 Å². The number of rotatable bonds is 5. The first-order valence-electron chi connectivity index (χ1n) is 6.43. The van der Waals surface area contributed by atoms with Crippen LogP contribution in [0.4, 0.5) is 4.79 Å². The summed E-state index contributed by atoms with van der Waals surface area (Å²) < 4.78 is 0. The van der Waals surface area contributed by atoms with Gasteiger partial charge in [-0.05, 0) is 32.9 Å². The second-order valence-electron chi connectivity index (χ2n) is 4.78. The zero-order valence-electron chi connectivity index (χ0n) is 11.2. The Morgan fingerprint density at radius 1 is 1.50 bits per heavy atom. The number of carbonyl (C=O) groups excluding carboxylic acids is 1. The Morgan fingerprint density at radius 2 is 2.22 bits per heavy atom. The van der Waals surface area contributed by atoms with Gasteiger partial charge in [-0.25, -0.2) is 4.79 Å². The van der Waals surface area contributed by atoms with Gasteiger partial charge in [0.15, 0.2) is 0 Å². The van der Waals surface area contributed by atoms with E-state index in [9.17, 15) is 9.59 Å². The molecule has 1 aliphatic heterocycles. The van der Waals surface area contributed by atoms with Gasteiger partial charge in [0.1, 0.15) is 0 Å². The number of urea groups is 1. The quantitative estimate of drug-likeness (QED) is 0.701. The van der Waals surface area contributed by atoms with E-state index in [2.05, 4.69) is 5.32 Å². The molecule has 0 aromatic heterocycles. The van der Waals surface area contributed by atoms with Crippen LogP contribution in [0.3, 0.4) is 0 Å². The minimum atomic E-state index is -0.801. The number of piperidine rings is 1. The van der Waals surface area contributed by atoms with Crippen molar-refractivity contribution in [3.05, 3.63) is 0 Å². The molecule has 1 aliphatic rings. The van der Waals surface area contributed by atoms with Crippen molar-refractivity contribution in [3.63, 3.8) is 0 Å². The van der Waals surface area contributed by atoms with Crippen LogP contribution in [0, 0.1) is 5.92 Å². The molecule has 0 aromatic carbocycles. The van der Waals surface area contributed by atoms with Crippen LogP contribution in [0.5, 0.6) is 0 Å². The molecule has 18 heavy (non-hydrogen) atoms. The Labute approximate surface area is 108 Å². The highest BCUT2D eigenvalue weighted by molar-refractivity contribution is 5.76. The lowest BCUT2D eigenvalue weighted by molar-refractivity contribution is -0.143. The summed E-state index contributed by atoms with van der Waals surface area (Å²) in [5.41, 5.74) is 0. The molecular formula is C12H23N3O3. The Hall–Kier alpha value is -1.30. The molecule has 0 aromatic rings. The molecule has 2 amide bonds. The van der Waals surface area contributed by atoms with E-state index in [1.54, 1.807) is 16.8 Å². The normalized spacial score (nSPS) is 19.7. The van der Waals surface area contributed by atoms with E-state index in [1.807, 2.05) is 7.05 Å². The Kier molecular flexibility index (Phi) is 5.91. The first-order chi connectivity index (χ1) is 8.56. The molecule has 0 radical (unpaired) electrons. The number of carboxylic acids is 1. The highest BCUT2D eigenvalue weighted by Gasteiger charge is 2.29. The number of hydrogen-bond donors (Lipinski definition) is 2. The summed E-state index contributed by atoms with van der Waals surface area (Å²) in [6, 6.07) is -0.0583. The fourth-order valence-corrected chi connectivity index (χ4v) is 2.18. The standard InChI is InChI=1S/C12H23N3O3/c1-13-6-4-7-14(2)12(18)15-8-3-5-10(9-15)11(16)17/h10,13H,3-9H2,1-2H3,(H,16,17)/t10-/m0/s1. The van der Waals surface area contributed by atoms with Crippen molar-refractivity contribution in [1.82, 2.24) is 15.1 Å². The third-order valence-corrected chi connectivity index (χ3v) is 3.29. The van der Waals surface area contributed by atoms with E-state index in [1.165, 1.54) is 0 Å². The van der Waals surface area contributed by atoms with Gasteiger partial charge < -0.3 is 20.2 Å². The van der Waals surface area contributed by atoms with E-state index in [4.69, 9.17) is 5.11 Å². The number of amides is 2. The van der Waals surface area contributed by atoms with Gasteiger partial charge in [0.2, 0.25) is 0 Å². The molecule has 1 atom stereocenters. The predicted molar refractivity (Wildman–Crippen MR) is 68.5 cm³/mol. The van der Waals surface area contributed by atoms with Gasteiger partial charge >= 0.3 is 12.0 Å². The van der Waals surface area contributed by atoms with E-state index in [-0.39, 0.29) is 6.03 Å². The van der Waals surface area contributed by atoms with Gasteiger partial charge in [-0.3, -0.25) is 4.79 Å². The molecular weight excluding hydrogens is 234 g/mol. The molecule has 0 saturated carbocycles. The lowest BCUT2D eigenvalue weighted by Gasteiger charge is -2.33. The topological polar surface area (TPSA) is 72.9 Å². The summed E-state index contributed by atoms with van der Waals surface area (Å²) in [5, 5.41) is 12.0. The molecule has 0 spiro atoms. The average molecular weight is 257 g/mol. The third-order valence-electron chi connectivity index (χ3n) is 3.29. The lowest BCUT2D eigenvalue weighted by atomic mass is 9.99. The van der Waals surface area contributed by atoms with Crippen molar-refractivity contribution >= 4 is 12.0 Å². The Bertz CT molecular complexity index is 296. The Balaban J connectivity index is 2.42. The van der Waals surface area contributed by atoms with Gasteiger partial charge in [-0.15, -0.1) is 0 Å². The Morgan fingerprint density at radius 3 is 2.83 bits per heavy atom. The molecule has 1 heterocycles. The van der Waals surface area contributed by atoms with E-state index in [0.29, 0.717) is 26.1 Å². The molecule has 6 heteroatoms. The number of nitrogens with one attached hydrogen (secondary N) is 1. The maximum absolute atomic E-state index is 12.1. The van der Waals surface area contributed by atoms with Gasteiger partial charge in [0.25, 0.3) is 0 Å². The van der Waals surface area contributed by atoms with E-state index >= 15 is 0 Å². The molecule has 1 saturated heterocycles. The number of carbonyl (C=O) groups is 2. The number of aliphatic carboxylic acids is 1. The highest BCUT2D eigenvalue weighted by Crippen LogP contribution is 2.17. The second kappa shape index (κ2) is 7.20. The summed E-state index contributed by atoms with van der Waals surface area (Å²) in [5.74, 6) is -1.21. The SMILES string of the molecule is CNCCCN(C)C(=O)N1CCC[C@H](C(=O)O)C1.